The number of nitrogens with two attached hydrogens (primary N) is 1. The van der Waals surface area contributed by atoms with Crippen LogP contribution in [0.15, 0.2) is 0 Å². The quantitative estimate of drug-likeness (QED) is 0.630. The molecule has 0 aromatic carbocycles. The van der Waals surface area contributed by atoms with Gasteiger partial charge < -0.3 is 5.73 Å². The highest BCUT2D eigenvalue weighted by molar-refractivity contribution is 5.85. The summed E-state index contributed by atoms with van der Waals surface area (Å²) in [4.78, 5) is 0. The second-order valence-electron chi connectivity index (χ2n) is 4.19. The third-order valence-electron chi connectivity index (χ3n) is 2.37. The van der Waals surface area contributed by atoms with Gasteiger partial charge >= 0.3 is 0 Å². The summed E-state index contributed by atoms with van der Waals surface area (Å²) < 4.78 is 0. The van der Waals surface area contributed by atoms with E-state index in [-0.39, 0.29) is 12.4 Å². The largest absolute Gasteiger partial charge is 0.328 e. The predicted molar refractivity (Wildman–Crippen MR) is 47.4 cm³/mol. The van der Waals surface area contributed by atoms with Crippen molar-refractivity contribution < 1.29 is 0 Å². The van der Waals surface area contributed by atoms with Crippen molar-refractivity contribution in [3.8, 4) is 0 Å². The third-order valence-corrected chi connectivity index (χ3v) is 2.37. The lowest BCUT2D eigenvalue weighted by Gasteiger charge is -2.44. The Bertz CT molecular complexity index is 102. The molecule has 1 aliphatic carbocycles. The van der Waals surface area contributed by atoms with Crippen molar-refractivity contribution in [3.63, 3.8) is 0 Å². The molecular formula is C8H18ClN. The Morgan fingerprint density at radius 1 is 1.40 bits per heavy atom. The van der Waals surface area contributed by atoms with E-state index >= 15 is 0 Å². The van der Waals surface area contributed by atoms with Gasteiger partial charge in [0.15, 0.2) is 0 Å². The van der Waals surface area contributed by atoms with Crippen LogP contribution in [-0.2, 0) is 0 Å². The zero-order chi connectivity index (χ0) is 7.07. The Morgan fingerprint density at radius 3 is 1.90 bits per heavy atom. The molecule has 0 radical (unpaired) electrons. The Labute approximate surface area is 69.8 Å². The third kappa shape index (κ3) is 2.14. The number of hydrogen-bond donors (Lipinski definition) is 1. The average Bonchev–Trinajstić information content (AvgIpc) is 1.59. The monoisotopic (exact) mass is 163 g/mol. The predicted octanol–water partition coefficient (Wildman–Crippen LogP) is 2.19. The maximum atomic E-state index is 5.72. The van der Waals surface area contributed by atoms with Gasteiger partial charge in [0.25, 0.3) is 0 Å². The fourth-order valence-electron chi connectivity index (χ4n) is 1.73. The van der Waals surface area contributed by atoms with E-state index in [1.54, 1.807) is 0 Å². The summed E-state index contributed by atoms with van der Waals surface area (Å²) in [6.07, 6.45) is 2.65. The molecular weight excluding hydrogens is 146 g/mol. The van der Waals surface area contributed by atoms with Gasteiger partial charge in [0.1, 0.15) is 0 Å². The van der Waals surface area contributed by atoms with E-state index in [1.807, 2.05) is 0 Å². The lowest BCUT2D eigenvalue weighted by atomic mass is 9.62. The molecule has 1 fully saturated rings. The van der Waals surface area contributed by atoms with Crippen LogP contribution in [0.2, 0.25) is 0 Å². The minimum atomic E-state index is 0. The lowest BCUT2D eigenvalue weighted by molar-refractivity contribution is 0.0806. The molecule has 1 rings (SSSR count). The van der Waals surface area contributed by atoms with E-state index < -0.39 is 0 Å². The van der Waals surface area contributed by atoms with E-state index in [2.05, 4.69) is 20.8 Å². The van der Waals surface area contributed by atoms with Crippen molar-refractivity contribution in [2.45, 2.75) is 39.7 Å². The Hall–Kier alpha value is 0.250. The lowest BCUT2D eigenvalue weighted by Crippen LogP contribution is -2.41. The van der Waals surface area contributed by atoms with Gasteiger partial charge in [0, 0.05) is 6.04 Å². The van der Waals surface area contributed by atoms with Gasteiger partial charge in [-0.25, -0.2) is 0 Å². The number of hydrogen-bond acceptors (Lipinski definition) is 1. The summed E-state index contributed by atoms with van der Waals surface area (Å²) in [6, 6.07) is 0.415. The number of rotatable bonds is 1. The molecule has 0 heterocycles. The van der Waals surface area contributed by atoms with Crippen LogP contribution in [-0.4, -0.2) is 6.04 Å². The first-order valence-electron chi connectivity index (χ1n) is 3.77. The normalized spacial score (nSPS) is 26.4. The van der Waals surface area contributed by atoms with Gasteiger partial charge in [-0.05, 0) is 31.1 Å². The Kier molecular flexibility index (Phi) is 3.18. The van der Waals surface area contributed by atoms with Crippen LogP contribution in [0, 0.1) is 11.3 Å². The molecule has 1 atom stereocenters. The maximum Gasteiger partial charge on any atom is 0.00391 e. The van der Waals surface area contributed by atoms with Gasteiger partial charge in [-0.15, -0.1) is 12.4 Å². The van der Waals surface area contributed by atoms with Crippen LogP contribution >= 0.6 is 12.4 Å². The summed E-state index contributed by atoms with van der Waals surface area (Å²) in [5.41, 5.74) is 6.31. The van der Waals surface area contributed by atoms with Crippen molar-refractivity contribution in [3.05, 3.63) is 0 Å². The molecule has 0 bridgehead atoms. The molecule has 2 heteroatoms. The van der Waals surface area contributed by atoms with E-state index in [4.69, 9.17) is 5.73 Å². The minimum Gasteiger partial charge on any atom is -0.328 e. The van der Waals surface area contributed by atoms with Gasteiger partial charge in [-0.3, -0.25) is 0 Å². The summed E-state index contributed by atoms with van der Waals surface area (Å²) in [7, 11) is 0. The van der Waals surface area contributed by atoms with Crippen LogP contribution in [0.25, 0.3) is 0 Å². The molecule has 0 spiro atoms. The molecule has 1 aliphatic rings. The number of halogens is 1. The second-order valence-corrected chi connectivity index (χ2v) is 4.19. The first-order chi connectivity index (χ1) is 4.01. The summed E-state index contributed by atoms with van der Waals surface area (Å²) in [5, 5.41) is 0. The zero-order valence-corrected chi connectivity index (χ0v) is 7.87. The molecule has 62 valence electrons. The zero-order valence-electron chi connectivity index (χ0n) is 7.05. The van der Waals surface area contributed by atoms with Crippen LogP contribution in [0.5, 0.6) is 0 Å². The van der Waals surface area contributed by atoms with E-state index in [0.717, 1.165) is 5.92 Å². The highest BCUT2D eigenvalue weighted by atomic mass is 35.5. The van der Waals surface area contributed by atoms with Crippen LogP contribution in [0.4, 0.5) is 0 Å². The van der Waals surface area contributed by atoms with Gasteiger partial charge in [-0.1, -0.05) is 13.8 Å². The first-order valence-corrected chi connectivity index (χ1v) is 3.77. The standard InChI is InChI=1S/C8H17N.ClH/c1-6(9)7-4-8(2,3)5-7;/h6-7H,4-5,9H2,1-3H3;1H/t6-;/m1./s1. The van der Waals surface area contributed by atoms with Crippen molar-refractivity contribution in [2.75, 3.05) is 0 Å². The van der Waals surface area contributed by atoms with Gasteiger partial charge in [0.05, 0.1) is 0 Å². The van der Waals surface area contributed by atoms with Gasteiger partial charge in [0.2, 0.25) is 0 Å². The van der Waals surface area contributed by atoms with Crippen molar-refractivity contribution in [1.29, 1.82) is 0 Å². The molecule has 0 aliphatic heterocycles. The molecule has 0 aromatic heterocycles. The Morgan fingerprint density at radius 2 is 1.80 bits per heavy atom. The SMILES string of the molecule is C[C@@H](N)C1CC(C)(C)C1.Cl. The highest BCUT2D eigenvalue weighted by Crippen LogP contribution is 2.45. The average molecular weight is 164 g/mol. The van der Waals surface area contributed by atoms with E-state index in [0.29, 0.717) is 11.5 Å². The fourth-order valence-corrected chi connectivity index (χ4v) is 1.73. The summed E-state index contributed by atoms with van der Waals surface area (Å²) in [6.45, 7) is 6.73. The smallest absolute Gasteiger partial charge is 0.00391 e. The van der Waals surface area contributed by atoms with E-state index in [1.165, 1.54) is 12.8 Å². The topological polar surface area (TPSA) is 26.0 Å². The molecule has 10 heavy (non-hydrogen) atoms. The molecule has 0 unspecified atom stereocenters. The summed E-state index contributed by atoms with van der Waals surface area (Å²) in [5.74, 6) is 0.806. The molecule has 1 nitrogen and oxygen atoms in total. The van der Waals surface area contributed by atoms with Crippen LogP contribution in [0.1, 0.15) is 33.6 Å². The molecule has 2 N–H and O–H groups in total. The van der Waals surface area contributed by atoms with Crippen molar-refractivity contribution in [2.24, 2.45) is 17.1 Å². The maximum absolute atomic E-state index is 5.72. The van der Waals surface area contributed by atoms with Gasteiger partial charge in [-0.2, -0.15) is 0 Å². The molecule has 1 saturated carbocycles. The second kappa shape index (κ2) is 3.10. The van der Waals surface area contributed by atoms with Crippen LogP contribution in [0.3, 0.4) is 0 Å². The highest BCUT2D eigenvalue weighted by Gasteiger charge is 2.37. The van der Waals surface area contributed by atoms with Crippen molar-refractivity contribution in [1.82, 2.24) is 0 Å². The minimum absolute atomic E-state index is 0. The van der Waals surface area contributed by atoms with Crippen LogP contribution < -0.4 is 5.73 Å². The molecule has 0 aromatic rings. The van der Waals surface area contributed by atoms with E-state index in [9.17, 15) is 0 Å². The van der Waals surface area contributed by atoms with Crippen molar-refractivity contribution >= 4 is 12.4 Å². The Balaban J connectivity index is 0.000000810. The first kappa shape index (κ1) is 10.2. The molecule has 0 saturated heterocycles. The summed E-state index contributed by atoms with van der Waals surface area (Å²) >= 11 is 0. The molecule has 0 amide bonds. The fraction of sp³-hybridized carbons (Fsp3) is 1.00.